The molecular weight excluding hydrogens is 242 g/mol. The first-order chi connectivity index (χ1) is 9.33. The van der Waals surface area contributed by atoms with Crippen LogP contribution in [-0.2, 0) is 13.2 Å². The summed E-state index contributed by atoms with van der Waals surface area (Å²) >= 11 is 0. The van der Waals surface area contributed by atoms with Crippen LogP contribution in [0.1, 0.15) is 18.2 Å². The number of benzene rings is 1. The van der Waals surface area contributed by atoms with E-state index in [0.29, 0.717) is 19.8 Å². The predicted octanol–water partition coefficient (Wildman–Crippen LogP) is 2.98. The molecule has 2 rings (SSSR count). The Balaban J connectivity index is 1.97. The zero-order valence-electron chi connectivity index (χ0n) is 11.3. The molecule has 0 aliphatic heterocycles. The highest BCUT2D eigenvalue weighted by atomic mass is 16.5. The monoisotopic (exact) mass is 261 g/mol. The number of hydrogen-bond acceptors (Lipinski definition) is 4. The molecular formula is C15H19NO3. The minimum absolute atomic E-state index is 0.489. The number of hydrogen-bond donors (Lipinski definition) is 1. The van der Waals surface area contributed by atoms with Crippen molar-refractivity contribution in [1.82, 2.24) is 5.32 Å². The Hall–Kier alpha value is -1.94. The molecule has 1 heterocycles. The lowest BCUT2D eigenvalue weighted by molar-refractivity contribution is 0.296. The smallest absolute Gasteiger partial charge is 0.124 e. The highest BCUT2D eigenvalue weighted by molar-refractivity contribution is 5.33. The second kappa shape index (κ2) is 6.85. The van der Waals surface area contributed by atoms with Crippen LogP contribution in [0, 0.1) is 0 Å². The summed E-state index contributed by atoms with van der Waals surface area (Å²) < 4.78 is 16.6. The van der Waals surface area contributed by atoms with E-state index in [1.54, 1.807) is 6.26 Å². The molecule has 2 aromatic rings. The van der Waals surface area contributed by atoms with Gasteiger partial charge in [0.25, 0.3) is 0 Å². The van der Waals surface area contributed by atoms with Gasteiger partial charge in [0.05, 0.1) is 19.4 Å². The average molecular weight is 261 g/mol. The van der Waals surface area contributed by atoms with E-state index in [-0.39, 0.29) is 0 Å². The van der Waals surface area contributed by atoms with Gasteiger partial charge in [-0.15, -0.1) is 0 Å². The van der Waals surface area contributed by atoms with Crippen LogP contribution in [0.3, 0.4) is 0 Å². The van der Waals surface area contributed by atoms with Crippen LogP contribution in [0.25, 0.3) is 0 Å². The van der Waals surface area contributed by atoms with Gasteiger partial charge in [-0.3, -0.25) is 0 Å². The van der Waals surface area contributed by atoms with E-state index >= 15 is 0 Å². The summed E-state index contributed by atoms with van der Waals surface area (Å²) in [5, 5.41) is 3.07. The molecule has 0 fully saturated rings. The highest BCUT2D eigenvalue weighted by Gasteiger charge is 2.06. The maximum Gasteiger partial charge on any atom is 0.124 e. The largest absolute Gasteiger partial charge is 0.494 e. The van der Waals surface area contributed by atoms with Gasteiger partial charge in [-0.2, -0.15) is 0 Å². The number of furan rings is 1. The van der Waals surface area contributed by atoms with E-state index in [2.05, 4.69) is 5.32 Å². The Morgan fingerprint density at radius 3 is 2.68 bits per heavy atom. The third-order valence-corrected chi connectivity index (χ3v) is 2.69. The van der Waals surface area contributed by atoms with Crippen molar-refractivity contribution in [1.29, 1.82) is 0 Å². The zero-order valence-corrected chi connectivity index (χ0v) is 11.3. The molecule has 0 atom stereocenters. The number of rotatable bonds is 7. The fourth-order valence-electron chi connectivity index (χ4n) is 1.79. The first kappa shape index (κ1) is 13.5. The third-order valence-electron chi connectivity index (χ3n) is 2.69. The molecule has 0 aliphatic carbocycles. The minimum atomic E-state index is 0.489. The lowest BCUT2D eigenvalue weighted by Crippen LogP contribution is -2.07. The summed E-state index contributed by atoms with van der Waals surface area (Å²) in [7, 11) is 1.89. The van der Waals surface area contributed by atoms with Gasteiger partial charge in [0.2, 0.25) is 0 Å². The van der Waals surface area contributed by atoms with Crippen LogP contribution in [-0.4, -0.2) is 13.7 Å². The minimum Gasteiger partial charge on any atom is -0.494 e. The van der Waals surface area contributed by atoms with Crippen molar-refractivity contribution < 1.29 is 13.9 Å². The Morgan fingerprint density at radius 2 is 1.95 bits per heavy atom. The Kier molecular flexibility index (Phi) is 4.86. The van der Waals surface area contributed by atoms with Gasteiger partial charge in [0, 0.05) is 11.6 Å². The molecule has 0 bridgehead atoms. The molecule has 0 aliphatic rings. The van der Waals surface area contributed by atoms with Gasteiger partial charge >= 0.3 is 0 Å². The average Bonchev–Trinajstić information content (AvgIpc) is 2.85. The van der Waals surface area contributed by atoms with Gasteiger partial charge < -0.3 is 19.2 Å². The SMILES string of the molecule is CCOc1cccc(OCc2ccoc2CNC)c1. The Labute approximate surface area is 113 Å². The third kappa shape index (κ3) is 3.76. The van der Waals surface area contributed by atoms with E-state index in [9.17, 15) is 0 Å². The molecule has 4 heteroatoms. The van der Waals surface area contributed by atoms with Crippen LogP contribution in [0.4, 0.5) is 0 Å². The molecule has 0 saturated heterocycles. The zero-order chi connectivity index (χ0) is 13.5. The van der Waals surface area contributed by atoms with Gasteiger partial charge in [-0.05, 0) is 32.2 Å². The molecule has 1 aromatic heterocycles. The maximum atomic E-state index is 5.76. The van der Waals surface area contributed by atoms with Crippen molar-refractivity contribution in [2.75, 3.05) is 13.7 Å². The topological polar surface area (TPSA) is 43.6 Å². The van der Waals surface area contributed by atoms with Crippen LogP contribution in [0.15, 0.2) is 41.0 Å². The van der Waals surface area contributed by atoms with Crippen LogP contribution < -0.4 is 14.8 Å². The summed E-state index contributed by atoms with van der Waals surface area (Å²) in [6.45, 7) is 3.80. The van der Waals surface area contributed by atoms with E-state index in [4.69, 9.17) is 13.9 Å². The van der Waals surface area contributed by atoms with Crippen molar-refractivity contribution in [2.24, 2.45) is 0 Å². The maximum absolute atomic E-state index is 5.76. The lowest BCUT2D eigenvalue weighted by atomic mass is 10.2. The standard InChI is InChI=1S/C15H19NO3/c1-3-17-13-5-4-6-14(9-13)19-11-12-7-8-18-15(12)10-16-2/h4-9,16H,3,10-11H2,1-2H3. The van der Waals surface area contributed by atoms with Crippen LogP contribution >= 0.6 is 0 Å². The quantitative estimate of drug-likeness (QED) is 0.832. The summed E-state index contributed by atoms with van der Waals surface area (Å²) in [4.78, 5) is 0. The molecule has 0 spiro atoms. The molecule has 0 unspecified atom stereocenters. The molecule has 4 nitrogen and oxygen atoms in total. The Bertz CT molecular complexity index is 508. The molecule has 0 amide bonds. The molecule has 19 heavy (non-hydrogen) atoms. The predicted molar refractivity (Wildman–Crippen MR) is 73.4 cm³/mol. The Morgan fingerprint density at radius 1 is 1.16 bits per heavy atom. The van der Waals surface area contributed by atoms with E-state index in [1.807, 2.05) is 44.3 Å². The first-order valence-electron chi connectivity index (χ1n) is 6.39. The normalized spacial score (nSPS) is 10.4. The molecule has 1 N–H and O–H groups in total. The number of nitrogens with one attached hydrogen (secondary N) is 1. The molecule has 0 radical (unpaired) electrons. The van der Waals surface area contributed by atoms with Crippen molar-refractivity contribution in [3.63, 3.8) is 0 Å². The summed E-state index contributed by atoms with van der Waals surface area (Å²) in [5.74, 6) is 2.52. The van der Waals surface area contributed by atoms with Crippen molar-refractivity contribution in [3.05, 3.63) is 47.9 Å². The second-order valence-electron chi connectivity index (χ2n) is 4.10. The fourth-order valence-corrected chi connectivity index (χ4v) is 1.79. The lowest BCUT2D eigenvalue weighted by Gasteiger charge is -2.08. The molecule has 0 saturated carbocycles. The van der Waals surface area contributed by atoms with Crippen LogP contribution in [0.2, 0.25) is 0 Å². The van der Waals surface area contributed by atoms with Crippen molar-refractivity contribution in [3.8, 4) is 11.5 Å². The van der Waals surface area contributed by atoms with E-state index in [0.717, 1.165) is 22.8 Å². The second-order valence-corrected chi connectivity index (χ2v) is 4.10. The summed E-state index contributed by atoms with van der Waals surface area (Å²) in [6, 6.07) is 9.57. The summed E-state index contributed by atoms with van der Waals surface area (Å²) in [6.07, 6.45) is 1.68. The summed E-state index contributed by atoms with van der Waals surface area (Å²) in [5.41, 5.74) is 1.05. The molecule has 1 aromatic carbocycles. The number of ether oxygens (including phenoxy) is 2. The van der Waals surface area contributed by atoms with Gasteiger partial charge in [0.1, 0.15) is 23.9 Å². The molecule has 102 valence electrons. The van der Waals surface area contributed by atoms with E-state index in [1.165, 1.54) is 0 Å². The van der Waals surface area contributed by atoms with Crippen LogP contribution in [0.5, 0.6) is 11.5 Å². The van der Waals surface area contributed by atoms with Gasteiger partial charge in [-0.25, -0.2) is 0 Å². The van der Waals surface area contributed by atoms with Crippen molar-refractivity contribution in [2.45, 2.75) is 20.1 Å². The van der Waals surface area contributed by atoms with Gasteiger partial charge in [0.15, 0.2) is 0 Å². The fraction of sp³-hybridized carbons (Fsp3) is 0.333. The van der Waals surface area contributed by atoms with Crippen molar-refractivity contribution >= 4 is 0 Å². The van der Waals surface area contributed by atoms with E-state index < -0.39 is 0 Å². The highest BCUT2D eigenvalue weighted by Crippen LogP contribution is 2.21. The first-order valence-corrected chi connectivity index (χ1v) is 6.39. The van der Waals surface area contributed by atoms with Gasteiger partial charge in [-0.1, -0.05) is 6.07 Å².